The zero-order valence-corrected chi connectivity index (χ0v) is 17.8. The van der Waals surface area contributed by atoms with Crippen molar-refractivity contribution in [2.45, 2.75) is 18.1 Å². The quantitative estimate of drug-likeness (QED) is 0.575. The van der Waals surface area contributed by atoms with Crippen molar-refractivity contribution < 1.29 is 17.9 Å². The topological polar surface area (TPSA) is 75.7 Å². The van der Waals surface area contributed by atoms with Gasteiger partial charge in [0.25, 0.3) is 10.0 Å². The molecule has 0 saturated carbocycles. The molecule has 0 spiro atoms. The molecule has 1 N–H and O–H groups in total. The maximum Gasteiger partial charge on any atom is 0.338 e. The molecule has 0 bridgehead atoms. The van der Waals surface area contributed by atoms with Gasteiger partial charge in [0.15, 0.2) is 0 Å². The van der Waals surface area contributed by atoms with E-state index in [1.54, 1.807) is 30.3 Å². The van der Waals surface area contributed by atoms with Gasteiger partial charge in [0.1, 0.15) is 10.8 Å². The summed E-state index contributed by atoms with van der Waals surface area (Å²) >= 11 is 4.37. The molecule has 0 aliphatic carbocycles. The van der Waals surface area contributed by atoms with Crippen molar-refractivity contribution in [1.82, 2.24) is 4.90 Å². The molecule has 142 valence electrons. The molecular formula is C17H21BrN2O4S2. The minimum atomic E-state index is -3.64. The first-order valence-electron chi connectivity index (χ1n) is 8.13. The van der Waals surface area contributed by atoms with E-state index in [-0.39, 0.29) is 4.21 Å². The van der Waals surface area contributed by atoms with Crippen molar-refractivity contribution in [2.24, 2.45) is 0 Å². The van der Waals surface area contributed by atoms with Gasteiger partial charge in [-0.3, -0.25) is 4.72 Å². The second kappa shape index (κ2) is 9.50. The fourth-order valence-electron chi connectivity index (χ4n) is 2.21. The second-order valence-electron chi connectivity index (χ2n) is 5.40. The summed E-state index contributed by atoms with van der Waals surface area (Å²) in [5.74, 6) is -0.422. The summed E-state index contributed by atoms with van der Waals surface area (Å²) in [6.45, 7) is 6.93. The number of ether oxygens (including phenoxy) is 1. The van der Waals surface area contributed by atoms with Gasteiger partial charge >= 0.3 is 5.97 Å². The molecule has 26 heavy (non-hydrogen) atoms. The highest BCUT2D eigenvalue weighted by molar-refractivity contribution is 9.11. The van der Waals surface area contributed by atoms with Crippen LogP contribution in [0.3, 0.4) is 0 Å². The molecule has 2 aromatic rings. The summed E-state index contributed by atoms with van der Waals surface area (Å²) in [4.78, 5) is 14.2. The van der Waals surface area contributed by atoms with Crippen LogP contribution in [0.15, 0.2) is 44.4 Å². The lowest BCUT2D eigenvalue weighted by molar-refractivity contribution is 0.0466. The molecule has 0 aliphatic heterocycles. The van der Waals surface area contributed by atoms with E-state index in [9.17, 15) is 13.2 Å². The van der Waals surface area contributed by atoms with Crippen molar-refractivity contribution in [3.8, 4) is 0 Å². The average molecular weight is 461 g/mol. The number of nitrogens with one attached hydrogen (secondary N) is 1. The minimum absolute atomic E-state index is 0.212. The Morgan fingerprint density at radius 1 is 1.15 bits per heavy atom. The summed E-state index contributed by atoms with van der Waals surface area (Å²) in [6.07, 6.45) is 0. The van der Waals surface area contributed by atoms with Crippen LogP contribution in [0.1, 0.15) is 24.2 Å². The zero-order valence-electron chi connectivity index (χ0n) is 14.6. The maximum atomic E-state index is 12.3. The van der Waals surface area contributed by atoms with Crippen LogP contribution < -0.4 is 4.72 Å². The molecule has 2 rings (SSSR count). The third-order valence-electron chi connectivity index (χ3n) is 3.72. The van der Waals surface area contributed by atoms with E-state index >= 15 is 0 Å². The number of anilines is 1. The van der Waals surface area contributed by atoms with Gasteiger partial charge in [0.2, 0.25) is 0 Å². The third-order valence-corrected chi connectivity index (χ3v) is 7.22. The summed E-state index contributed by atoms with van der Waals surface area (Å²) in [7, 11) is -3.64. The molecule has 9 heteroatoms. The van der Waals surface area contributed by atoms with Crippen molar-refractivity contribution in [3.63, 3.8) is 0 Å². The largest absolute Gasteiger partial charge is 0.461 e. The first kappa shape index (κ1) is 20.9. The normalized spacial score (nSPS) is 11.5. The van der Waals surface area contributed by atoms with Crippen LogP contribution in [-0.2, 0) is 14.8 Å². The SMILES string of the molecule is CCN(CC)CCOC(=O)c1ccc(NS(=O)(=O)c2ccc(Br)s2)cc1. The molecule has 0 unspecified atom stereocenters. The Balaban J connectivity index is 1.94. The van der Waals surface area contributed by atoms with Crippen molar-refractivity contribution in [3.05, 3.63) is 45.7 Å². The van der Waals surface area contributed by atoms with Crippen molar-refractivity contribution >= 4 is 48.9 Å². The van der Waals surface area contributed by atoms with Crippen LogP contribution >= 0.6 is 27.3 Å². The fraction of sp³-hybridized carbons (Fsp3) is 0.353. The number of halogens is 1. The van der Waals surface area contributed by atoms with Gasteiger partial charge in [-0.15, -0.1) is 11.3 Å². The summed E-state index contributed by atoms with van der Waals surface area (Å²) in [5, 5.41) is 0. The van der Waals surface area contributed by atoms with Crippen LogP contribution in [-0.4, -0.2) is 45.5 Å². The van der Waals surface area contributed by atoms with Crippen LogP contribution in [0.5, 0.6) is 0 Å². The molecule has 0 radical (unpaired) electrons. The van der Waals surface area contributed by atoms with Crippen LogP contribution in [0.2, 0.25) is 0 Å². The number of nitrogens with zero attached hydrogens (tertiary/aromatic N) is 1. The molecule has 0 atom stereocenters. The Labute approximate surface area is 166 Å². The summed E-state index contributed by atoms with van der Waals surface area (Å²) < 4.78 is 33.2. The van der Waals surface area contributed by atoms with Crippen LogP contribution in [0.4, 0.5) is 5.69 Å². The van der Waals surface area contributed by atoms with Crippen molar-refractivity contribution in [1.29, 1.82) is 0 Å². The first-order valence-corrected chi connectivity index (χ1v) is 11.2. The van der Waals surface area contributed by atoms with Gasteiger partial charge in [0, 0.05) is 12.2 Å². The number of hydrogen-bond acceptors (Lipinski definition) is 6. The van der Waals surface area contributed by atoms with E-state index in [0.717, 1.165) is 28.2 Å². The molecule has 1 heterocycles. The minimum Gasteiger partial charge on any atom is -0.461 e. The number of sulfonamides is 1. The van der Waals surface area contributed by atoms with Gasteiger partial charge in [-0.2, -0.15) is 0 Å². The van der Waals surface area contributed by atoms with E-state index in [4.69, 9.17) is 4.74 Å². The predicted molar refractivity (Wildman–Crippen MR) is 107 cm³/mol. The predicted octanol–water partition coefficient (Wildman–Crippen LogP) is 3.81. The number of carbonyl (C=O) groups is 1. The highest BCUT2D eigenvalue weighted by Crippen LogP contribution is 2.27. The number of rotatable bonds is 9. The smallest absolute Gasteiger partial charge is 0.338 e. The lowest BCUT2D eigenvalue weighted by Crippen LogP contribution is -2.27. The Bertz CT molecular complexity index is 831. The first-order chi connectivity index (χ1) is 12.4. The van der Waals surface area contributed by atoms with Gasteiger partial charge in [0.05, 0.1) is 9.35 Å². The molecule has 0 amide bonds. The molecule has 1 aromatic carbocycles. The Morgan fingerprint density at radius 3 is 2.35 bits per heavy atom. The summed E-state index contributed by atoms with van der Waals surface area (Å²) in [6, 6.07) is 9.38. The number of benzene rings is 1. The molecule has 0 aliphatic rings. The summed E-state index contributed by atoms with van der Waals surface area (Å²) in [5.41, 5.74) is 0.764. The molecule has 0 fully saturated rings. The second-order valence-corrected chi connectivity index (χ2v) is 9.78. The Hall–Kier alpha value is -1.42. The standard InChI is InChI=1S/C17H21BrN2O4S2/c1-3-20(4-2)11-12-24-17(21)13-5-7-14(8-6-13)19-26(22,23)16-10-9-15(18)25-16/h5-10,19H,3-4,11-12H2,1-2H3. The third kappa shape index (κ3) is 5.80. The Kier molecular flexibility index (Phi) is 7.63. The van der Waals surface area contributed by atoms with E-state index in [0.29, 0.717) is 24.4 Å². The Morgan fingerprint density at radius 2 is 1.81 bits per heavy atom. The van der Waals surface area contributed by atoms with E-state index < -0.39 is 16.0 Å². The number of hydrogen-bond donors (Lipinski definition) is 1. The van der Waals surface area contributed by atoms with Crippen LogP contribution in [0.25, 0.3) is 0 Å². The van der Waals surface area contributed by atoms with E-state index in [1.807, 2.05) is 0 Å². The average Bonchev–Trinajstić information content (AvgIpc) is 3.06. The number of esters is 1. The lowest BCUT2D eigenvalue weighted by Gasteiger charge is -2.17. The van der Waals surface area contributed by atoms with Gasteiger partial charge in [-0.25, -0.2) is 13.2 Å². The molecular weight excluding hydrogens is 440 g/mol. The maximum absolute atomic E-state index is 12.3. The number of likely N-dealkylation sites (N-methyl/N-ethyl adjacent to an activating group) is 1. The monoisotopic (exact) mass is 460 g/mol. The molecule has 6 nitrogen and oxygen atoms in total. The lowest BCUT2D eigenvalue weighted by atomic mass is 10.2. The molecule has 1 aromatic heterocycles. The van der Waals surface area contributed by atoms with E-state index in [1.165, 1.54) is 6.07 Å². The van der Waals surface area contributed by atoms with Crippen molar-refractivity contribution in [2.75, 3.05) is 31.0 Å². The van der Waals surface area contributed by atoms with Gasteiger partial charge in [-0.1, -0.05) is 13.8 Å². The van der Waals surface area contributed by atoms with Gasteiger partial charge in [-0.05, 0) is 65.4 Å². The van der Waals surface area contributed by atoms with Crippen LogP contribution in [0, 0.1) is 0 Å². The highest BCUT2D eigenvalue weighted by Gasteiger charge is 2.17. The highest BCUT2D eigenvalue weighted by atomic mass is 79.9. The zero-order chi connectivity index (χ0) is 19.2. The number of thiophene rings is 1. The fourth-order valence-corrected chi connectivity index (χ4v) is 5.28. The van der Waals surface area contributed by atoms with E-state index in [2.05, 4.69) is 39.4 Å². The van der Waals surface area contributed by atoms with Gasteiger partial charge < -0.3 is 9.64 Å². The molecule has 0 saturated heterocycles. The number of carbonyl (C=O) groups excluding carboxylic acids is 1.